The summed E-state index contributed by atoms with van der Waals surface area (Å²) < 4.78 is 0. The van der Waals surface area contributed by atoms with Gasteiger partial charge in [0.1, 0.15) is 0 Å². The molecule has 38 valence electrons. The number of hydrogen-bond acceptors (Lipinski definition) is 3. The Balaban J connectivity index is 2.63. The number of nitrogens with two attached hydrogens (primary N) is 1. The predicted molar refractivity (Wildman–Crippen MR) is 25.4 cm³/mol. The molecule has 3 nitrogen and oxygen atoms in total. The summed E-state index contributed by atoms with van der Waals surface area (Å²) in [6, 6.07) is 0.403. The molecule has 0 atom stereocenters. The lowest BCUT2D eigenvalue weighted by molar-refractivity contribution is 0.406. The predicted octanol–water partition coefficient (Wildman–Crippen LogP) is -1.85. The van der Waals surface area contributed by atoms with Crippen molar-refractivity contribution in [3.8, 4) is 0 Å². The fraction of sp³-hybridized carbons (Fsp3) is 1.00. The lowest BCUT2D eigenvalue weighted by atomic mass is 10.8. The van der Waals surface area contributed by atoms with Crippen LogP contribution in [0.25, 0.3) is 0 Å². The summed E-state index contributed by atoms with van der Waals surface area (Å²) in [4.78, 5) is 16.3. The van der Waals surface area contributed by atoms with Crippen LogP contribution in [0, 0.1) is 0 Å². The van der Waals surface area contributed by atoms with Gasteiger partial charge in [0, 0.05) is 6.04 Å². The van der Waals surface area contributed by atoms with Gasteiger partial charge in [0.2, 0.25) is 0 Å². The molecule has 0 rings (SSSR count). The zero-order chi connectivity index (χ0) is 4.99. The van der Waals surface area contributed by atoms with Crippen molar-refractivity contribution < 1.29 is 9.59 Å². The van der Waals surface area contributed by atoms with E-state index in [0.717, 1.165) is 0 Å². The molecule has 0 heterocycles. The first-order valence-electron chi connectivity index (χ1n) is 1.83. The first kappa shape index (κ1) is 6.10. The molecule has 0 saturated carbocycles. The van der Waals surface area contributed by atoms with Crippen LogP contribution in [0.3, 0.4) is 0 Å². The van der Waals surface area contributed by atoms with Crippen LogP contribution in [-0.2, 0) is 0 Å². The molecular weight excluding hydrogens is 98.1 g/mol. The molecule has 0 aromatic rings. The standard InChI is InChI=1S/C2H9NO2Si/c3-1-2-6(4)5/h4-6H,1-3H2. The minimum absolute atomic E-state index is 0.393. The minimum Gasteiger partial charge on any atom is -0.413 e. The lowest BCUT2D eigenvalue weighted by Gasteiger charge is -1.91. The molecule has 0 unspecified atom stereocenters. The highest BCUT2D eigenvalue weighted by Gasteiger charge is 1.95. The van der Waals surface area contributed by atoms with E-state index in [2.05, 4.69) is 0 Å². The third-order valence-corrected chi connectivity index (χ3v) is 1.27. The molecule has 0 fully saturated rings. The van der Waals surface area contributed by atoms with Gasteiger partial charge in [-0.15, -0.1) is 0 Å². The van der Waals surface area contributed by atoms with Gasteiger partial charge >= 0.3 is 9.28 Å². The molecular formula is C2H9NO2Si. The minimum atomic E-state index is -2.30. The molecule has 6 heavy (non-hydrogen) atoms. The van der Waals surface area contributed by atoms with E-state index in [1.807, 2.05) is 0 Å². The first-order chi connectivity index (χ1) is 2.77. The van der Waals surface area contributed by atoms with Crippen molar-refractivity contribution >= 4 is 9.28 Å². The van der Waals surface area contributed by atoms with Crippen molar-refractivity contribution in [2.45, 2.75) is 6.04 Å². The smallest absolute Gasteiger partial charge is 0.317 e. The quantitative estimate of drug-likeness (QED) is 0.363. The Bertz CT molecular complexity index is 32.7. The Labute approximate surface area is 38.3 Å². The van der Waals surface area contributed by atoms with E-state index in [1.165, 1.54) is 0 Å². The van der Waals surface area contributed by atoms with Crippen LogP contribution in [0.5, 0.6) is 0 Å². The fourth-order valence-corrected chi connectivity index (χ4v) is 0.447. The van der Waals surface area contributed by atoms with E-state index < -0.39 is 9.28 Å². The topological polar surface area (TPSA) is 66.5 Å². The Hall–Kier alpha value is 0.0969. The molecule has 4 heteroatoms. The average molecular weight is 107 g/mol. The van der Waals surface area contributed by atoms with E-state index in [1.54, 1.807) is 0 Å². The van der Waals surface area contributed by atoms with Crippen molar-refractivity contribution in [3.63, 3.8) is 0 Å². The molecule has 0 spiro atoms. The van der Waals surface area contributed by atoms with Crippen molar-refractivity contribution in [3.05, 3.63) is 0 Å². The molecule has 4 N–H and O–H groups in total. The maximum Gasteiger partial charge on any atom is 0.317 e. The summed E-state index contributed by atoms with van der Waals surface area (Å²) in [7, 11) is -2.30. The molecule has 0 radical (unpaired) electrons. The highest BCUT2D eigenvalue weighted by molar-refractivity contribution is 6.41. The van der Waals surface area contributed by atoms with Gasteiger partial charge < -0.3 is 15.3 Å². The molecule has 0 aromatic heterocycles. The Kier molecular flexibility index (Phi) is 3.35. The van der Waals surface area contributed by atoms with E-state index in [4.69, 9.17) is 15.3 Å². The molecule has 0 amide bonds. The van der Waals surface area contributed by atoms with E-state index in [0.29, 0.717) is 12.6 Å². The third kappa shape index (κ3) is 4.10. The molecule has 0 aromatic carbocycles. The summed E-state index contributed by atoms with van der Waals surface area (Å²) in [5.41, 5.74) is 4.94. The van der Waals surface area contributed by atoms with E-state index >= 15 is 0 Å². The van der Waals surface area contributed by atoms with Gasteiger partial charge in [0.25, 0.3) is 0 Å². The Morgan fingerprint density at radius 2 is 2.00 bits per heavy atom. The maximum atomic E-state index is 8.17. The first-order valence-corrected chi connectivity index (χ1v) is 3.68. The zero-order valence-electron chi connectivity index (χ0n) is 3.46. The number of hydrogen-bond donors (Lipinski definition) is 3. The highest BCUT2D eigenvalue weighted by Crippen LogP contribution is 1.74. The van der Waals surface area contributed by atoms with Crippen LogP contribution in [0.2, 0.25) is 6.04 Å². The fourth-order valence-electron chi connectivity index (χ4n) is 0.149. The second-order valence-corrected chi connectivity index (χ2v) is 2.60. The maximum absolute atomic E-state index is 8.17. The normalized spacial score (nSPS) is 10.0. The van der Waals surface area contributed by atoms with Crippen LogP contribution >= 0.6 is 0 Å². The summed E-state index contributed by atoms with van der Waals surface area (Å²) in [5, 5.41) is 0. The zero-order valence-corrected chi connectivity index (χ0v) is 4.62. The van der Waals surface area contributed by atoms with Gasteiger partial charge in [-0.05, 0) is 6.54 Å². The average Bonchev–Trinajstić information content (AvgIpc) is 1.35. The van der Waals surface area contributed by atoms with Crippen LogP contribution in [0.4, 0.5) is 0 Å². The van der Waals surface area contributed by atoms with E-state index in [-0.39, 0.29) is 0 Å². The van der Waals surface area contributed by atoms with Crippen molar-refractivity contribution in [2.75, 3.05) is 6.54 Å². The third-order valence-electron chi connectivity index (χ3n) is 0.425. The van der Waals surface area contributed by atoms with Gasteiger partial charge in [-0.2, -0.15) is 0 Å². The van der Waals surface area contributed by atoms with E-state index in [9.17, 15) is 0 Å². The summed E-state index contributed by atoms with van der Waals surface area (Å²) in [5.74, 6) is 0. The molecule has 0 bridgehead atoms. The monoisotopic (exact) mass is 107 g/mol. The molecule has 0 saturated heterocycles. The Morgan fingerprint density at radius 1 is 1.50 bits per heavy atom. The van der Waals surface area contributed by atoms with Crippen LogP contribution in [-0.4, -0.2) is 25.4 Å². The summed E-state index contributed by atoms with van der Waals surface area (Å²) in [6.45, 7) is 0.393. The van der Waals surface area contributed by atoms with Gasteiger partial charge in [0.05, 0.1) is 0 Å². The van der Waals surface area contributed by atoms with Crippen molar-refractivity contribution in [1.29, 1.82) is 0 Å². The van der Waals surface area contributed by atoms with Gasteiger partial charge in [-0.3, -0.25) is 0 Å². The second kappa shape index (κ2) is 3.29. The van der Waals surface area contributed by atoms with Crippen LogP contribution in [0.15, 0.2) is 0 Å². The van der Waals surface area contributed by atoms with Crippen LogP contribution in [0.1, 0.15) is 0 Å². The molecule has 0 aliphatic heterocycles. The summed E-state index contributed by atoms with van der Waals surface area (Å²) in [6.07, 6.45) is 0. The SMILES string of the molecule is NCC[SiH](O)O. The Morgan fingerprint density at radius 3 is 2.00 bits per heavy atom. The summed E-state index contributed by atoms with van der Waals surface area (Å²) >= 11 is 0. The van der Waals surface area contributed by atoms with Gasteiger partial charge in [-0.1, -0.05) is 0 Å². The second-order valence-electron chi connectivity index (χ2n) is 1.06. The molecule has 0 aliphatic rings. The largest absolute Gasteiger partial charge is 0.413 e. The van der Waals surface area contributed by atoms with Gasteiger partial charge in [-0.25, -0.2) is 0 Å². The van der Waals surface area contributed by atoms with Crippen LogP contribution < -0.4 is 5.73 Å². The lowest BCUT2D eigenvalue weighted by Crippen LogP contribution is -2.15. The van der Waals surface area contributed by atoms with Gasteiger partial charge in [0.15, 0.2) is 0 Å². The number of rotatable bonds is 2. The van der Waals surface area contributed by atoms with Crippen molar-refractivity contribution in [2.24, 2.45) is 5.73 Å². The molecule has 0 aliphatic carbocycles. The van der Waals surface area contributed by atoms with Crippen molar-refractivity contribution in [1.82, 2.24) is 0 Å². The highest BCUT2D eigenvalue weighted by atomic mass is 28.3.